The SMILES string of the molecule is COC(=O)c1ccc(OCCOCCOS(=O)(=O)c2ccc(C)cc2)cc1. The van der Waals surface area contributed by atoms with E-state index in [1.165, 1.54) is 19.2 Å². The summed E-state index contributed by atoms with van der Waals surface area (Å²) in [5, 5.41) is 0. The van der Waals surface area contributed by atoms with Crippen molar-refractivity contribution < 1.29 is 31.6 Å². The largest absolute Gasteiger partial charge is 0.491 e. The number of hydrogen-bond donors (Lipinski definition) is 0. The zero-order valence-electron chi connectivity index (χ0n) is 15.2. The third-order valence-corrected chi connectivity index (χ3v) is 4.87. The Morgan fingerprint density at radius 1 is 0.889 bits per heavy atom. The Kier molecular flexibility index (Phi) is 7.78. The first-order valence-corrected chi connectivity index (χ1v) is 9.68. The molecule has 8 heteroatoms. The Bertz CT molecular complexity index is 827. The summed E-state index contributed by atoms with van der Waals surface area (Å²) in [5.41, 5.74) is 1.41. The van der Waals surface area contributed by atoms with Gasteiger partial charge in [-0.15, -0.1) is 0 Å². The summed E-state index contributed by atoms with van der Waals surface area (Å²) >= 11 is 0. The molecule has 0 bridgehead atoms. The van der Waals surface area contributed by atoms with Crippen LogP contribution in [0.3, 0.4) is 0 Å². The van der Waals surface area contributed by atoms with Crippen LogP contribution in [0.1, 0.15) is 15.9 Å². The van der Waals surface area contributed by atoms with Crippen molar-refractivity contribution in [3.63, 3.8) is 0 Å². The van der Waals surface area contributed by atoms with Crippen molar-refractivity contribution >= 4 is 16.1 Å². The lowest BCUT2D eigenvalue weighted by Gasteiger charge is -2.08. The van der Waals surface area contributed by atoms with Crippen LogP contribution in [0.4, 0.5) is 0 Å². The van der Waals surface area contributed by atoms with Gasteiger partial charge in [0.15, 0.2) is 0 Å². The third-order valence-electron chi connectivity index (χ3n) is 3.55. The molecule has 0 spiro atoms. The van der Waals surface area contributed by atoms with Crippen molar-refractivity contribution in [1.29, 1.82) is 0 Å². The second-order valence-corrected chi connectivity index (χ2v) is 7.18. The number of aryl methyl sites for hydroxylation is 1. The van der Waals surface area contributed by atoms with E-state index in [9.17, 15) is 13.2 Å². The van der Waals surface area contributed by atoms with Gasteiger partial charge in [0.2, 0.25) is 0 Å². The number of carbonyl (C=O) groups excluding carboxylic acids is 1. The normalized spacial score (nSPS) is 11.2. The molecule has 2 aromatic carbocycles. The van der Waals surface area contributed by atoms with E-state index in [0.29, 0.717) is 11.3 Å². The van der Waals surface area contributed by atoms with E-state index in [2.05, 4.69) is 4.74 Å². The van der Waals surface area contributed by atoms with Gasteiger partial charge in [-0.05, 0) is 43.3 Å². The molecule has 0 aliphatic heterocycles. The minimum atomic E-state index is -3.78. The molecule has 146 valence electrons. The van der Waals surface area contributed by atoms with Gasteiger partial charge in [0.25, 0.3) is 10.1 Å². The summed E-state index contributed by atoms with van der Waals surface area (Å²) in [6.07, 6.45) is 0. The lowest BCUT2D eigenvalue weighted by molar-refractivity contribution is 0.0600. The van der Waals surface area contributed by atoms with E-state index in [1.807, 2.05) is 6.92 Å². The Balaban J connectivity index is 1.63. The highest BCUT2D eigenvalue weighted by atomic mass is 32.2. The monoisotopic (exact) mass is 394 g/mol. The van der Waals surface area contributed by atoms with Crippen molar-refractivity contribution in [2.24, 2.45) is 0 Å². The number of rotatable bonds is 10. The summed E-state index contributed by atoms with van der Waals surface area (Å²) in [4.78, 5) is 11.4. The van der Waals surface area contributed by atoms with E-state index in [-0.39, 0.29) is 31.3 Å². The van der Waals surface area contributed by atoms with Crippen LogP contribution in [0.2, 0.25) is 0 Å². The van der Waals surface area contributed by atoms with Gasteiger partial charge in [0.1, 0.15) is 12.4 Å². The first-order chi connectivity index (χ1) is 12.9. The predicted octanol–water partition coefficient (Wildman–Crippen LogP) is 2.58. The standard InChI is InChI=1S/C19H22O7S/c1-15-3-9-18(10-4-15)27(21,22)26-14-12-24-11-13-25-17-7-5-16(6-8-17)19(20)23-2/h3-10H,11-14H2,1-2H3. The summed E-state index contributed by atoms with van der Waals surface area (Å²) in [7, 11) is -2.46. The van der Waals surface area contributed by atoms with Crippen LogP contribution >= 0.6 is 0 Å². The number of carbonyl (C=O) groups is 1. The van der Waals surface area contributed by atoms with Crippen molar-refractivity contribution in [3.8, 4) is 5.75 Å². The summed E-state index contributed by atoms with van der Waals surface area (Å²) in [6, 6.07) is 12.9. The van der Waals surface area contributed by atoms with Gasteiger partial charge >= 0.3 is 5.97 Å². The van der Waals surface area contributed by atoms with Crippen LogP contribution in [0.25, 0.3) is 0 Å². The third kappa shape index (κ3) is 6.67. The van der Waals surface area contributed by atoms with E-state index in [1.54, 1.807) is 36.4 Å². The predicted molar refractivity (Wildman–Crippen MR) is 98.4 cm³/mol. The number of esters is 1. The number of hydrogen-bond acceptors (Lipinski definition) is 7. The number of methoxy groups -OCH3 is 1. The molecule has 0 aliphatic carbocycles. The Morgan fingerprint density at radius 2 is 1.52 bits per heavy atom. The van der Waals surface area contributed by atoms with Crippen molar-refractivity contribution in [3.05, 3.63) is 59.7 Å². The average molecular weight is 394 g/mol. The highest BCUT2D eigenvalue weighted by Gasteiger charge is 2.14. The molecule has 0 N–H and O–H groups in total. The fourth-order valence-electron chi connectivity index (χ4n) is 2.10. The summed E-state index contributed by atoms with van der Waals surface area (Å²) in [6.45, 7) is 2.47. The van der Waals surface area contributed by atoms with Gasteiger partial charge < -0.3 is 14.2 Å². The quantitative estimate of drug-likeness (QED) is 0.348. The van der Waals surface area contributed by atoms with Gasteiger partial charge in [0.05, 0.1) is 37.4 Å². The molecule has 0 fully saturated rings. The zero-order valence-corrected chi connectivity index (χ0v) is 16.0. The van der Waals surface area contributed by atoms with Crippen LogP contribution in [0.15, 0.2) is 53.4 Å². The van der Waals surface area contributed by atoms with Gasteiger partial charge in [-0.3, -0.25) is 4.18 Å². The molecule has 0 saturated heterocycles. The molecular formula is C19H22O7S. The first-order valence-electron chi connectivity index (χ1n) is 8.27. The summed E-state index contributed by atoms with van der Waals surface area (Å²) < 4.78 is 44.3. The number of benzene rings is 2. The van der Waals surface area contributed by atoms with E-state index < -0.39 is 16.1 Å². The maximum Gasteiger partial charge on any atom is 0.337 e. The fourth-order valence-corrected chi connectivity index (χ4v) is 2.99. The molecule has 2 aromatic rings. The molecule has 2 rings (SSSR count). The lowest BCUT2D eigenvalue weighted by atomic mass is 10.2. The maximum absolute atomic E-state index is 12.0. The Hall–Kier alpha value is -2.42. The highest BCUT2D eigenvalue weighted by molar-refractivity contribution is 7.86. The van der Waals surface area contributed by atoms with Gasteiger partial charge in [-0.25, -0.2) is 4.79 Å². The number of ether oxygens (including phenoxy) is 3. The van der Waals surface area contributed by atoms with Crippen LogP contribution in [-0.2, 0) is 23.8 Å². The van der Waals surface area contributed by atoms with Crippen LogP contribution < -0.4 is 4.74 Å². The molecule has 0 aromatic heterocycles. The molecule has 0 amide bonds. The smallest absolute Gasteiger partial charge is 0.337 e. The van der Waals surface area contributed by atoms with E-state index >= 15 is 0 Å². The average Bonchev–Trinajstić information content (AvgIpc) is 2.67. The minimum absolute atomic E-state index is 0.0793. The topological polar surface area (TPSA) is 88.1 Å². The van der Waals surface area contributed by atoms with Gasteiger partial charge in [0, 0.05) is 0 Å². The Labute approximate surface area is 158 Å². The summed E-state index contributed by atoms with van der Waals surface area (Å²) in [5.74, 6) is 0.176. The fraction of sp³-hybridized carbons (Fsp3) is 0.316. The molecular weight excluding hydrogens is 372 g/mol. The molecule has 0 radical (unpaired) electrons. The van der Waals surface area contributed by atoms with E-state index in [0.717, 1.165) is 5.56 Å². The molecule has 0 unspecified atom stereocenters. The van der Waals surface area contributed by atoms with Crippen LogP contribution in [0, 0.1) is 6.92 Å². The zero-order chi connectivity index (χ0) is 19.7. The second-order valence-electron chi connectivity index (χ2n) is 5.57. The first kappa shape index (κ1) is 20.9. The molecule has 0 atom stereocenters. The Morgan fingerprint density at radius 3 is 2.15 bits per heavy atom. The lowest BCUT2D eigenvalue weighted by Crippen LogP contribution is -2.14. The molecule has 0 saturated carbocycles. The minimum Gasteiger partial charge on any atom is -0.491 e. The van der Waals surface area contributed by atoms with Crippen molar-refractivity contribution in [2.45, 2.75) is 11.8 Å². The van der Waals surface area contributed by atoms with E-state index in [4.69, 9.17) is 13.7 Å². The van der Waals surface area contributed by atoms with Crippen LogP contribution in [-0.4, -0.2) is 47.9 Å². The second kappa shape index (κ2) is 10.1. The van der Waals surface area contributed by atoms with Gasteiger partial charge in [-0.1, -0.05) is 17.7 Å². The van der Waals surface area contributed by atoms with Gasteiger partial charge in [-0.2, -0.15) is 8.42 Å². The molecule has 0 heterocycles. The van der Waals surface area contributed by atoms with Crippen molar-refractivity contribution in [2.75, 3.05) is 33.5 Å². The van der Waals surface area contributed by atoms with Crippen LogP contribution in [0.5, 0.6) is 5.75 Å². The molecule has 7 nitrogen and oxygen atoms in total. The maximum atomic E-state index is 12.0. The van der Waals surface area contributed by atoms with Crippen molar-refractivity contribution in [1.82, 2.24) is 0 Å². The molecule has 27 heavy (non-hydrogen) atoms. The molecule has 0 aliphatic rings. The highest BCUT2D eigenvalue weighted by Crippen LogP contribution is 2.14.